The zero-order chi connectivity index (χ0) is 10.2. The van der Waals surface area contributed by atoms with E-state index in [4.69, 9.17) is 5.14 Å². The predicted octanol–water partition coefficient (Wildman–Crippen LogP) is -1.51. The molecule has 0 saturated carbocycles. The molecule has 0 spiro atoms. The smallest absolute Gasteiger partial charge is 0.210 e. The topological polar surface area (TPSA) is 75.4 Å². The molecule has 0 radical (unpaired) electrons. The predicted molar refractivity (Wildman–Crippen MR) is 54.3 cm³/mol. The van der Waals surface area contributed by atoms with Crippen LogP contribution in [-0.2, 0) is 10.0 Å². The number of nitrogens with zero attached hydrogens (tertiary/aromatic N) is 1. The van der Waals surface area contributed by atoms with Gasteiger partial charge in [0.2, 0.25) is 10.0 Å². The number of primary sulfonamides is 1. The van der Waals surface area contributed by atoms with Gasteiger partial charge in [0, 0.05) is 32.7 Å². The lowest BCUT2D eigenvalue weighted by atomic mass is 10.2. The summed E-state index contributed by atoms with van der Waals surface area (Å²) in [5.74, 6) is 0.0565. The quantitative estimate of drug-likeness (QED) is 0.564. The van der Waals surface area contributed by atoms with E-state index in [0.717, 1.165) is 26.2 Å². The second kappa shape index (κ2) is 3.62. The lowest BCUT2D eigenvalue weighted by molar-refractivity contribution is 0.358. The Morgan fingerprint density at radius 1 is 1.29 bits per heavy atom. The molecule has 0 bridgehead atoms. The third kappa shape index (κ3) is 2.33. The molecule has 14 heavy (non-hydrogen) atoms. The van der Waals surface area contributed by atoms with Crippen molar-refractivity contribution < 1.29 is 8.42 Å². The minimum absolute atomic E-state index is 0.0565. The van der Waals surface area contributed by atoms with E-state index in [1.54, 1.807) is 0 Å². The van der Waals surface area contributed by atoms with E-state index in [-0.39, 0.29) is 5.75 Å². The number of hydrogen-bond donors (Lipinski definition) is 2. The van der Waals surface area contributed by atoms with Crippen LogP contribution in [0.5, 0.6) is 0 Å². The Morgan fingerprint density at radius 2 is 1.86 bits per heavy atom. The van der Waals surface area contributed by atoms with Crippen LogP contribution in [0.1, 0.15) is 0 Å². The van der Waals surface area contributed by atoms with Crippen molar-refractivity contribution in [3.8, 4) is 0 Å². The van der Waals surface area contributed by atoms with Crippen LogP contribution >= 0.6 is 0 Å². The van der Waals surface area contributed by atoms with E-state index in [2.05, 4.69) is 10.2 Å². The summed E-state index contributed by atoms with van der Waals surface area (Å²) in [6, 6.07) is 0. The van der Waals surface area contributed by atoms with Gasteiger partial charge >= 0.3 is 0 Å². The Kier molecular flexibility index (Phi) is 2.61. The molecule has 2 aliphatic heterocycles. The number of nitrogens with one attached hydrogen (secondary N) is 1. The number of hydrogen-bond acceptors (Lipinski definition) is 4. The Labute approximate surface area is 84.0 Å². The van der Waals surface area contributed by atoms with E-state index in [9.17, 15) is 8.42 Å². The first-order valence-electron chi connectivity index (χ1n) is 4.68. The Balaban J connectivity index is 1.82. The van der Waals surface area contributed by atoms with Crippen molar-refractivity contribution in [1.29, 1.82) is 0 Å². The van der Waals surface area contributed by atoms with Crippen molar-refractivity contribution in [2.45, 2.75) is 0 Å². The minimum Gasteiger partial charge on any atom is -0.309 e. The molecule has 2 heterocycles. The van der Waals surface area contributed by atoms with Crippen LogP contribution in [0.25, 0.3) is 0 Å². The summed E-state index contributed by atoms with van der Waals surface area (Å²) in [5, 5.41) is 8.22. The van der Waals surface area contributed by atoms with Gasteiger partial charge in [-0.3, -0.25) is 4.90 Å². The van der Waals surface area contributed by atoms with Crippen LogP contribution in [0.4, 0.5) is 0 Å². The summed E-state index contributed by atoms with van der Waals surface area (Å²) in [7, 11) is -3.31. The third-order valence-corrected chi connectivity index (χ3v) is 3.45. The summed E-state index contributed by atoms with van der Waals surface area (Å²) in [5.41, 5.74) is 2.86. The second-order valence-corrected chi connectivity index (χ2v) is 5.62. The van der Waals surface area contributed by atoms with Gasteiger partial charge in [-0.25, -0.2) is 13.6 Å². The van der Waals surface area contributed by atoms with Gasteiger partial charge in [0.1, 0.15) is 0 Å². The molecule has 0 fully saturated rings. The Morgan fingerprint density at radius 3 is 2.36 bits per heavy atom. The number of sulfonamides is 1. The zero-order valence-corrected chi connectivity index (χ0v) is 8.81. The van der Waals surface area contributed by atoms with Gasteiger partial charge in [-0.15, -0.1) is 0 Å². The van der Waals surface area contributed by atoms with E-state index >= 15 is 0 Å². The van der Waals surface area contributed by atoms with E-state index in [1.165, 1.54) is 11.1 Å². The van der Waals surface area contributed by atoms with Crippen molar-refractivity contribution in [2.24, 2.45) is 5.14 Å². The summed E-state index contributed by atoms with van der Waals surface area (Å²) in [6.07, 6.45) is 0. The molecule has 0 aromatic carbocycles. The fourth-order valence-electron chi connectivity index (χ4n) is 1.96. The van der Waals surface area contributed by atoms with Crippen LogP contribution in [-0.4, -0.2) is 51.8 Å². The van der Waals surface area contributed by atoms with E-state index < -0.39 is 10.0 Å². The third-order valence-electron chi connectivity index (χ3n) is 2.70. The van der Waals surface area contributed by atoms with Crippen molar-refractivity contribution in [1.82, 2.24) is 10.2 Å². The standard InChI is InChI=1S/C8H15N3O2S/c9-14(12,13)2-1-11-5-7-3-10-4-8(7)6-11/h10H,1-6H2,(H2,9,12,13). The maximum Gasteiger partial charge on any atom is 0.210 e. The van der Waals surface area contributed by atoms with Gasteiger partial charge in [-0.1, -0.05) is 0 Å². The first-order valence-corrected chi connectivity index (χ1v) is 6.39. The van der Waals surface area contributed by atoms with Crippen LogP contribution < -0.4 is 10.5 Å². The van der Waals surface area contributed by atoms with Gasteiger partial charge in [0.25, 0.3) is 0 Å². The molecule has 2 rings (SSSR count). The van der Waals surface area contributed by atoms with Gasteiger partial charge in [-0.2, -0.15) is 0 Å². The number of nitrogens with two attached hydrogens (primary N) is 1. The molecule has 3 N–H and O–H groups in total. The highest BCUT2D eigenvalue weighted by atomic mass is 32.2. The summed E-state index contributed by atoms with van der Waals surface area (Å²) in [6.45, 7) is 4.27. The molecule has 0 unspecified atom stereocenters. The van der Waals surface area contributed by atoms with E-state index in [1.807, 2.05) is 0 Å². The van der Waals surface area contributed by atoms with Gasteiger partial charge in [0.15, 0.2) is 0 Å². The van der Waals surface area contributed by atoms with Gasteiger partial charge in [-0.05, 0) is 11.1 Å². The largest absolute Gasteiger partial charge is 0.309 e. The fourth-order valence-corrected chi connectivity index (χ4v) is 2.47. The van der Waals surface area contributed by atoms with Gasteiger partial charge < -0.3 is 5.32 Å². The Bertz CT molecular complexity index is 345. The highest BCUT2D eigenvalue weighted by Gasteiger charge is 2.25. The van der Waals surface area contributed by atoms with Crippen molar-refractivity contribution in [2.75, 3.05) is 38.5 Å². The molecule has 0 aliphatic carbocycles. The monoisotopic (exact) mass is 217 g/mol. The number of rotatable bonds is 3. The van der Waals surface area contributed by atoms with Crippen LogP contribution in [0, 0.1) is 0 Å². The van der Waals surface area contributed by atoms with Gasteiger partial charge in [0.05, 0.1) is 5.75 Å². The first-order chi connectivity index (χ1) is 6.54. The fraction of sp³-hybridized carbons (Fsp3) is 0.750. The van der Waals surface area contributed by atoms with E-state index in [0.29, 0.717) is 6.54 Å². The molecule has 0 aromatic rings. The molecule has 0 aromatic heterocycles. The van der Waals surface area contributed by atoms with Crippen molar-refractivity contribution in [3.05, 3.63) is 11.1 Å². The SMILES string of the molecule is NS(=O)(=O)CCN1CC2=C(CNC2)C1. The van der Waals surface area contributed by atoms with Crippen molar-refractivity contribution in [3.63, 3.8) is 0 Å². The first kappa shape index (κ1) is 10.1. The average molecular weight is 217 g/mol. The summed E-state index contributed by atoms with van der Waals surface area (Å²) >= 11 is 0. The summed E-state index contributed by atoms with van der Waals surface area (Å²) < 4.78 is 21.5. The molecular weight excluding hydrogens is 202 g/mol. The molecule has 0 amide bonds. The summed E-state index contributed by atoms with van der Waals surface area (Å²) in [4.78, 5) is 2.13. The lowest BCUT2D eigenvalue weighted by Crippen LogP contribution is -2.33. The average Bonchev–Trinajstić information content (AvgIpc) is 2.56. The minimum atomic E-state index is -3.31. The van der Waals surface area contributed by atoms with Crippen LogP contribution in [0.3, 0.4) is 0 Å². The zero-order valence-electron chi connectivity index (χ0n) is 7.99. The molecule has 0 atom stereocenters. The normalized spacial score (nSPS) is 23.2. The highest BCUT2D eigenvalue weighted by Crippen LogP contribution is 2.19. The second-order valence-electron chi connectivity index (χ2n) is 3.89. The maximum absolute atomic E-state index is 10.8. The molecule has 80 valence electrons. The Hall–Kier alpha value is -0.430. The van der Waals surface area contributed by atoms with Crippen LogP contribution in [0.15, 0.2) is 11.1 Å². The maximum atomic E-state index is 10.8. The molecule has 6 heteroatoms. The highest BCUT2D eigenvalue weighted by molar-refractivity contribution is 7.89. The molecule has 5 nitrogen and oxygen atoms in total. The lowest BCUT2D eigenvalue weighted by Gasteiger charge is -2.16. The molecule has 0 saturated heterocycles. The van der Waals surface area contributed by atoms with Crippen LogP contribution in [0.2, 0.25) is 0 Å². The van der Waals surface area contributed by atoms with Crippen molar-refractivity contribution >= 4 is 10.0 Å². The molecule has 2 aliphatic rings. The molecular formula is C8H15N3O2S.